The first-order valence-corrected chi connectivity index (χ1v) is 4.50. The molecule has 2 nitrogen and oxygen atoms in total. The van der Waals surface area contributed by atoms with Gasteiger partial charge in [-0.05, 0) is 25.0 Å². The Kier molecular flexibility index (Phi) is 8.02. The molecule has 0 rings (SSSR count). The van der Waals surface area contributed by atoms with Gasteiger partial charge in [-0.25, -0.2) is 0 Å². The van der Waals surface area contributed by atoms with Gasteiger partial charge in [0.05, 0.1) is 6.61 Å². The van der Waals surface area contributed by atoms with Crippen molar-refractivity contribution in [1.29, 1.82) is 0 Å². The molecule has 0 unspecified atom stereocenters. The Balaban J connectivity index is 3.19. The predicted octanol–water partition coefficient (Wildman–Crippen LogP) is 2.34. The second kappa shape index (κ2) is 8.47. The van der Waals surface area contributed by atoms with Gasteiger partial charge in [0.25, 0.3) is 0 Å². The zero-order valence-electron chi connectivity index (χ0n) is 8.01. The highest BCUT2D eigenvalue weighted by Crippen LogP contribution is 1.97. The molecule has 0 saturated heterocycles. The standard InChI is InChI=1S/C10H18O2/c1-3-4-5-8-12-9-10(2)6-7-11/h6-7H,3-5,8-9H2,1-2H3. The summed E-state index contributed by atoms with van der Waals surface area (Å²) >= 11 is 0. The molecule has 0 aromatic carbocycles. The Hall–Kier alpha value is -0.630. The van der Waals surface area contributed by atoms with Gasteiger partial charge in [0, 0.05) is 6.61 Å². The lowest BCUT2D eigenvalue weighted by molar-refractivity contribution is -0.104. The molecule has 0 bridgehead atoms. The second-order valence-corrected chi connectivity index (χ2v) is 2.91. The molecule has 0 aromatic heterocycles. The number of aldehydes is 1. The first-order chi connectivity index (χ1) is 5.81. The molecule has 0 radical (unpaired) electrons. The number of carbonyl (C=O) groups excluding carboxylic acids is 1. The van der Waals surface area contributed by atoms with Gasteiger partial charge in [-0.1, -0.05) is 19.8 Å². The zero-order valence-corrected chi connectivity index (χ0v) is 8.01. The minimum absolute atomic E-state index is 0.586. The van der Waals surface area contributed by atoms with Crippen molar-refractivity contribution in [1.82, 2.24) is 0 Å². The Morgan fingerprint density at radius 3 is 2.75 bits per heavy atom. The van der Waals surface area contributed by atoms with Crippen molar-refractivity contribution < 1.29 is 9.53 Å². The maximum Gasteiger partial charge on any atom is 0.142 e. The number of unbranched alkanes of at least 4 members (excludes halogenated alkanes) is 2. The lowest BCUT2D eigenvalue weighted by Crippen LogP contribution is -1.98. The summed E-state index contributed by atoms with van der Waals surface area (Å²) in [6, 6.07) is 0. The van der Waals surface area contributed by atoms with E-state index >= 15 is 0 Å². The molecule has 0 fully saturated rings. The van der Waals surface area contributed by atoms with Crippen molar-refractivity contribution in [2.75, 3.05) is 13.2 Å². The fourth-order valence-corrected chi connectivity index (χ4v) is 0.852. The molecule has 0 spiro atoms. The number of ether oxygens (including phenoxy) is 1. The molecule has 0 heterocycles. The quantitative estimate of drug-likeness (QED) is 0.333. The first-order valence-electron chi connectivity index (χ1n) is 4.50. The van der Waals surface area contributed by atoms with E-state index in [-0.39, 0.29) is 0 Å². The number of carbonyl (C=O) groups is 1. The van der Waals surface area contributed by atoms with E-state index in [1.165, 1.54) is 12.8 Å². The molecule has 0 aliphatic heterocycles. The molecule has 0 amide bonds. The third-order valence-corrected chi connectivity index (χ3v) is 1.57. The Bertz CT molecular complexity index is 139. The largest absolute Gasteiger partial charge is 0.377 e. The summed E-state index contributed by atoms with van der Waals surface area (Å²) < 4.78 is 5.32. The molecule has 0 saturated carbocycles. The summed E-state index contributed by atoms with van der Waals surface area (Å²) in [5.41, 5.74) is 0.987. The third-order valence-electron chi connectivity index (χ3n) is 1.57. The van der Waals surface area contributed by atoms with Crippen LogP contribution in [0.1, 0.15) is 33.1 Å². The van der Waals surface area contributed by atoms with E-state index in [0.717, 1.165) is 24.9 Å². The van der Waals surface area contributed by atoms with Gasteiger partial charge in [-0.3, -0.25) is 4.79 Å². The second-order valence-electron chi connectivity index (χ2n) is 2.91. The van der Waals surface area contributed by atoms with E-state index in [9.17, 15) is 4.79 Å². The zero-order chi connectivity index (χ0) is 9.23. The minimum Gasteiger partial charge on any atom is -0.377 e. The molecule has 70 valence electrons. The van der Waals surface area contributed by atoms with Crippen LogP contribution in [-0.2, 0) is 9.53 Å². The van der Waals surface area contributed by atoms with Gasteiger partial charge < -0.3 is 4.74 Å². The summed E-state index contributed by atoms with van der Waals surface area (Å²) in [6.07, 6.45) is 5.89. The van der Waals surface area contributed by atoms with Crippen LogP contribution in [0.5, 0.6) is 0 Å². The number of rotatable bonds is 7. The van der Waals surface area contributed by atoms with Crippen LogP contribution in [0.25, 0.3) is 0 Å². The van der Waals surface area contributed by atoms with Crippen LogP contribution >= 0.6 is 0 Å². The first kappa shape index (κ1) is 11.4. The normalized spacial score (nSPS) is 11.7. The number of hydrogen-bond acceptors (Lipinski definition) is 2. The summed E-state index contributed by atoms with van der Waals surface area (Å²) in [6.45, 7) is 5.45. The van der Waals surface area contributed by atoms with Gasteiger partial charge in [0.1, 0.15) is 6.29 Å². The lowest BCUT2D eigenvalue weighted by atomic mass is 10.3. The maximum absolute atomic E-state index is 10.0. The van der Waals surface area contributed by atoms with E-state index in [1.54, 1.807) is 6.08 Å². The SMILES string of the molecule is CCCCCOCC(C)=CC=O. The van der Waals surface area contributed by atoms with Gasteiger partial charge in [0.2, 0.25) is 0 Å². The van der Waals surface area contributed by atoms with Crippen molar-refractivity contribution in [3.8, 4) is 0 Å². The van der Waals surface area contributed by atoms with Crippen LogP contribution in [0.15, 0.2) is 11.6 Å². The van der Waals surface area contributed by atoms with Crippen LogP contribution in [0.3, 0.4) is 0 Å². The fraction of sp³-hybridized carbons (Fsp3) is 0.700. The predicted molar refractivity (Wildman–Crippen MR) is 50.2 cm³/mol. The molecule has 2 heteroatoms. The highest BCUT2D eigenvalue weighted by atomic mass is 16.5. The highest BCUT2D eigenvalue weighted by molar-refractivity contribution is 5.65. The molecular formula is C10H18O2. The molecule has 0 N–H and O–H groups in total. The topological polar surface area (TPSA) is 26.3 Å². The molecular weight excluding hydrogens is 152 g/mol. The molecule has 0 atom stereocenters. The van der Waals surface area contributed by atoms with E-state index in [1.807, 2.05) is 6.92 Å². The lowest BCUT2D eigenvalue weighted by Gasteiger charge is -2.02. The fourth-order valence-electron chi connectivity index (χ4n) is 0.852. The molecule has 0 aromatic rings. The van der Waals surface area contributed by atoms with E-state index in [2.05, 4.69) is 6.92 Å². The Morgan fingerprint density at radius 1 is 1.42 bits per heavy atom. The Morgan fingerprint density at radius 2 is 2.17 bits per heavy atom. The van der Waals surface area contributed by atoms with E-state index in [4.69, 9.17) is 4.74 Å². The molecule has 0 aliphatic rings. The van der Waals surface area contributed by atoms with Crippen molar-refractivity contribution >= 4 is 6.29 Å². The van der Waals surface area contributed by atoms with Crippen LogP contribution in [0.2, 0.25) is 0 Å². The van der Waals surface area contributed by atoms with Crippen molar-refractivity contribution in [3.05, 3.63) is 11.6 Å². The Labute approximate surface area is 74.6 Å². The summed E-state index contributed by atoms with van der Waals surface area (Å²) in [5.74, 6) is 0. The summed E-state index contributed by atoms with van der Waals surface area (Å²) in [7, 11) is 0. The van der Waals surface area contributed by atoms with Gasteiger partial charge in [-0.2, -0.15) is 0 Å². The van der Waals surface area contributed by atoms with Gasteiger partial charge >= 0.3 is 0 Å². The van der Waals surface area contributed by atoms with Crippen molar-refractivity contribution in [2.45, 2.75) is 33.1 Å². The monoisotopic (exact) mass is 170 g/mol. The van der Waals surface area contributed by atoms with Crippen molar-refractivity contribution in [3.63, 3.8) is 0 Å². The summed E-state index contributed by atoms with van der Waals surface area (Å²) in [5, 5.41) is 0. The molecule has 0 aliphatic carbocycles. The van der Waals surface area contributed by atoms with Crippen LogP contribution in [0.4, 0.5) is 0 Å². The van der Waals surface area contributed by atoms with Crippen LogP contribution in [-0.4, -0.2) is 19.5 Å². The number of hydrogen-bond donors (Lipinski definition) is 0. The maximum atomic E-state index is 10.0. The third kappa shape index (κ3) is 7.48. The number of allylic oxidation sites excluding steroid dienone is 1. The van der Waals surface area contributed by atoms with Crippen LogP contribution in [0, 0.1) is 0 Å². The van der Waals surface area contributed by atoms with E-state index < -0.39 is 0 Å². The van der Waals surface area contributed by atoms with Gasteiger partial charge in [0.15, 0.2) is 0 Å². The average molecular weight is 170 g/mol. The van der Waals surface area contributed by atoms with Crippen LogP contribution < -0.4 is 0 Å². The van der Waals surface area contributed by atoms with Gasteiger partial charge in [-0.15, -0.1) is 0 Å². The minimum atomic E-state index is 0.586. The highest BCUT2D eigenvalue weighted by Gasteiger charge is 1.89. The van der Waals surface area contributed by atoms with E-state index in [0.29, 0.717) is 6.61 Å². The van der Waals surface area contributed by atoms with Crippen molar-refractivity contribution in [2.24, 2.45) is 0 Å². The average Bonchev–Trinajstić information content (AvgIpc) is 2.05. The smallest absolute Gasteiger partial charge is 0.142 e. The summed E-state index contributed by atoms with van der Waals surface area (Å²) in [4.78, 5) is 10.0. The molecule has 12 heavy (non-hydrogen) atoms.